The lowest BCUT2D eigenvalue weighted by Crippen LogP contribution is -1.98. The van der Waals surface area contributed by atoms with Crippen molar-refractivity contribution in [1.29, 1.82) is 0 Å². The number of aromatic nitrogens is 2. The zero-order valence-electron chi connectivity index (χ0n) is 10.8. The maximum absolute atomic E-state index is 11.3. The summed E-state index contributed by atoms with van der Waals surface area (Å²) in [6.45, 7) is 1.95. The van der Waals surface area contributed by atoms with Gasteiger partial charge in [-0.25, -0.2) is 4.63 Å². The topological polar surface area (TPSA) is 94.1 Å². The predicted molar refractivity (Wildman–Crippen MR) is 77.9 cm³/mol. The Morgan fingerprint density at radius 3 is 2.57 bits per heavy atom. The third-order valence-electron chi connectivity index (χ3n) is 2.98. The van der Waals surface area contributed by atoms with Gasteiger partial charge in [-0.3, -0.25) is 10.1 Å². The zero-order chi connectivity index (χ0) is 15.0. The second-order valence-corrected chi connectivity index (χ2v) is 4.87. The Kier molecular flexibility index (Phi) is 3.19. The Balaban J connectivity index is 2.14. The first-order valence-corrected chi connectivity index (χ1v) is 6.37. The van der Waals surface area contributed by atoms with Crippen molar-refractivity contribution in [2.75, 3.05) is 5.32 Å². The van der Waals surface area contributed by atoms with Gasteiger partial charge in [0.2, 0.25) is 5.52 Å². The van der Waals surface area contributed by atoms with Crippen LogP contribution in [0.1, 0.15) is 5.56 Å². The molecule has 7 nitrogen and oxygen atoms in total. The molecule has 0 unspecified atom stereocenters. The highest BCUT2D eigenvalue weighted by molar-refractivity contribution is 6.35. The summed E-state index contributed by atoms with van der Waals surface area (Å²) in [6.07, 6.45) is 0. The van der Waals surface area contributed by atoms with Gasteiger partial charge in [-0.1, -0.05) is 29.3 Å². The smallest absolute Gasteiger partial charge is 0.324 e. The summed E-state index contributed by atoms with van der Waals surface area (Å²) in [4.78, 5) is 10.8. The summed E-state index contributed by atoms with van der Waals surface area (Å²) in [5, 5.41) is 21.6. The van der Waals surface area contributed by atoms with Crippen molar-refractivity contribution < 1.29 is 9.55 Å². The highest BCUT2D eigenvalue weighted by atomic mass is 35.5. The summed E-state index contributed by atoms with van der Waals surface area (Å²) in [6, 6.07) is 8.86. The summed E-state index contributed by atoms with van der Waals surface area (Å²) >= 11 is 6.05. The Hall–Kier alpha value is -2.67. The lowest BCUT2D eigenvalue weighted by atomic mass is 10.2. The molecule has 0 radical (unpaired) electrons. The van der Waals surface area contributed by atoms with Crippen molar-refractivity contribution in [3.05, 3.63) is 51.0 Å². The highest BCUT2D eigenvalue weighted by Crippen LogP contribution is 2.37. The van der Waals surface area contributed by atoms with Crippen LogP contribution in [0.5, 0.6) is 0 Å². The molecule has 3 aromatic rings. The van der Waals surface area contributed by atoms with Crippen LogP contribution in [0.4, 0.5) is 17.1 Å². The van der Waals surface area contributed by atoms with Gasteiger partial charge in [-0.05, 0) is 35.4 Å². The quantitative estimate of drug-likeness (QED) is 0.583. The van der Waals surface area contributed by atoms with E-state index in [1.54, 1.807) is 0 Å². The number of fused-ring (bicyclic) bond motifs is 1. The lowest BCUT2D eigenvalue weighted by molar-refractivity contribution is -0.382. The van der Waals surface area contributed by atoms with E-state index in [2.05, 4.69) is 20.3 Å². The van der Waals surface area contributed by atoms with Gasteiger partial charge >= 0.3 is 5.69 Å². The van der Waals surface area contributed by atoms with Crippen LogP contribution >= 0.6 is 11.6 Å². The number of nitrogens with one attached hydrogen (secondary N) is 1. The van der Waals surface area contributed by atoms with Crippen molar-refractivity contribution in [1.82, 2.24) is 10.3 Å². The molecule has 1 N–H and O–H groups in total. The average molecular weight is 305 g/mol. The molecule has 0 saturated carbocycles. The molecule has 21 heavy (non-hydrogen) atoms. The molecule has 0 bridgehead atoms. The largest absolute Gasteiger partial charge is 0.350 e. The number of benzene rings is 2. The zero-order valence-corrected chi connectivity index (χ0v) is 11.6. The molecule has 0 aliphatic heterocycles. The molecule has 0 atom stereocenters. The number of hydrogen-bond acceptors (Lipinski definition) is 6. The molecule has 1 aromatic heterocycles. The monoisotopic (exact) mass is 304 g/mol. The van der Waals surface area contributed by atoms with Gasteiger partial charge in [0.05, 0.1) is 9.95 Å². The predicted octanol–water partition coefficient (Wildman–Crippen LogP) is 3.84. The van der Waals surface area contributed by atoms with Crippen LogP contribution in [-0.2, 0) is 0 Å². The first-order valence-electron chi connectivity index (χ1n) is 5.99. The number of rotatable bonds is 3. The molecule has 1 heterocycles. The fourth-order valence-electron chi connectivity index (χ4n) is 1.96. The van der Waals surface area contributed by atoms with Gasteiger partial charge in [0.15, 0.2) is 5.52 Å². The van der Waals surface area contributed by atoms with E-state index in [-0.39, 0.29) is 27.4 Å². The highest BCUT2D eigenvalue weighted by Gasteiger charge is 2.25. The minimum Gasteiger partial charge on any atom is -0.350 e. The van der Waals surface area contributed by atoms with Crippen molar-refractivity contribution in [3.63, 3.8) is 0 Å². The summed E-state index contributed by atoms with van der Waals surface area (Å²) in [5.41, 5.74) is 1.98. The number of aryl methyl sites for hydroxylation is 1. The Morgan fingerprint density at radius 1 is 1.24 bits per heavy atom. The second kappa shape index (κ2) is 5.02. The maximum Gasteiger partial charge on any atom is 0.324 e. The molecule has 2 aromatic carbocycles. The third kappa shape index (κ3) is 2.38. The van der Waals surface area contributed by atoms with Crippen molar-refractivity contribution in [2.24, 2.45) is 0 Å². The standard InChI is InChI=1S/C13H9ClN4O3/c1-7-2-4-8(5-3-7)15-10-6-9(14)11-12(17-21-16-11)13(10)18(19)20/h2-6,15H,1H3. The van der Waals surface area contributed by atoms with Crippen molar-refractivity contribution in [2.45, 2.75) is 6.92 Å². The van der Waals surface area contributed by atoms with E-state index in [1.807, 2.05) is 31.2 Å². The van der Waals surface area contributed by atoms with Gasteiger partial charge < -0.3 is 5.32 Å². The first kappa shape index (κ1) is 13.3. The third-order valence-corrected chi connectivity index (χ3v) is 3.27. The van der Waals surface area contributed by atoms with E-state index < -0.39 is 4.92 Å². The van der Waals surface area contributed by atoms with E-state index >= 15 is 0 Å². The molecule has 0 fully saturated rings. The number of hydrogen-bond donors (Lipinski definition) is 1. The van der Waals surface area contributed by atoms with Gasteiger partial charge in [0, 0.05) is 5.69 Å². The number of halogens is 1. The normalized spacial score (nSPS) is 10.8. The molecule has 0 amide bonds. The average Bonchev–Trinajstić information content (AvgIpc) is 2.90. The molecule has 0 aliphatic rings. The molecule has 3 rings (SSSR count). The maximum atomic E-state index is 11.3. The van der Waals surface area contributed by atoms with Crippen LogP contribution in [0, 0.1) is 17.0 Å². The molecule has 106 valence electrons. The Morgan fingerprint density at radius 2 is 1.90 bits per heavy atom. The molecule has 0 aliphatic carbocycles. The van der Waals surface area contributed by atoms with E-state index in [0.29, 0.717) is 5.69 Å². The summed E-state index contributed by atoms with van der Waals surface area (Å²) < 4.78 is 4.54. The lowest BCUT2D eigenvalue weighted by Gasteiger charge is -2.08. The number of nitro groups is 1. The molecule has 0 spiro atoms. The second-order valence-electron chi connectivity index (χ2n) is 4.46. The summed E-state index contributed by atoms with van der Waals surface area (Å²) in [5.74, 6) is 0. The minimum atomic E-state index is -0.542. The molecule has 0 saturated heterocycles. The molecular weight excluding hydrogens is 296 g/mol. The fourth-order valence-corrected chi connectivity index (χ4v) is 2.20. The van der Waals surface area contributed by atoms with E-state index in [1.165, 1.54) is 6.07 Å². The van der Waals surface area contributed by atoms with Crippen LogP contribution in [0.3, 0.4) is 0 Å². The van der Waals surface area contributed by atoms with Crippen LogP contribution in [0.15, 0.2) is 35.0 Å². The number of anilines is 2. The number of nitro benzene ring substituents is 1. The fraction of sp³-hybridized carbons (Fsp3) is 0.0769. The summed E-state index contributed by atoms with van der Waals surface area (Å²) in [7, 11) is 0. The van der Waals surface area contributed by atoms with Crippen LogP contribution in [-0.4, -0.2) is 15.2 Å². The van der Waals surface area contributed by atoms with E-state index in [9.17, 15) is 10.1 Å². The number of nitrogens with zero attached hydrogens (tertiary/aromatic N) is 3. The van der Waals surface area contributed by atoms with Crippen molar-refractivity contribution in [3.8, 4) is 0 Å². The van der Waals surface area contributed by atoms with E-state index in [4.69, 9.17) is 11.6 Å². The van der Waals surface area contributed by atoms with Crippen LogP contribution in [0.25, 0.3) is 11.0 Å². The van der Waals surface area contributed by atoms with Gasteiger partial charge in [0.1, 0.15) is 5.69 Å². The van der Waals surface area contributed by atoms with Gasteiger partial charge in [-0.15, -0.1) is 0 Å². The minimum absolute atomic E-state index is 0.0158. The Labute approximate surface area is 123 Å². The van der Waals surface area contributed by atoms with Gasteiger partial charge in [-0.2, -0.15) is 0 Å². The van der Waals surface area contributed by atoms with Crippen molar-refractivity contribution >= 4 is 39.7 Å². The van der Waals surface area contributed by atoms with Crippen LogP contribution < -0.4 is 5.32 Å². The van der Waals surface area contributed by atoms with E-state index in [0.717, 1.165) is 5.56 Å². The molecule has 8 heteroatoms. The Bertz CT molecular complexity index is 829. The molecular formula is C13H9ClN4O3. The SMILES string of the molecule is Cc1ccc(Nc2cc(Cl)c3nonc3c2[N+](=O)[O-])cc1. The van der Waals surface area contributed by atoms with Gasteiger partial charge in [0.25, 0.3) is 0 Å². The van der Waals surface area contributed by atoms with Crippen LogP contribution in [0.2, 0.25) is 5.02 Å². The first-order chi connectivity index (χ1) is 10.1.